The van der Waals surface area contributed by atoms with Crippen LogP contribution in [0.5, 0.6) is 0 Å². The van der Waals surface area contributed by atoms with Crippen molar-refractivity contribution in [1.29, 1.82) is 0 Å². The third-order valence-corrected chi connectivity index (χ3v) is 3.80. The highest BCUT2D eigenvalue weighted by atomic mass is 79.9. The zero-order chi connectivity index (χ0) is 15.0. The van der Waals surface area contributed by atoms with E-state index in [-0.39, 0.29) is 0 Å². The molecule has 1 aromatic heterocycles. The first kappa shape index (κ1) is 13.8. The van der Waals surface area contributed by atoms with Crippen LogP contribution < -0.4 is 11.1 Å². The number of anilines is 3. The molecular formula is C16H15BrN4. The molecule has 21 heavy (non-hydrogen) atoms. The maximum absolute atomic E-state index is 6.02. The van der Waals surface area contributed by atoms with E-state index in [0.717, 1.165) is 32.3 Å². The SMILES string of the molecule is Cc1cc(Br)cc(C)c1Nc1nc2ccccc2nc1N. The molecule has 0 bridgehead atoms. The lowest BCUT2D eigenvalue weighted by atomic mass is 10.1. The Balaban J connectivity index is 2.08. The van der Waals surface area contributed by atoms with Crippen LogP contribution >= 0.6 is 15.9 Å². The minimum Gasteiger partial charge on any atom is -0.381 e. The average Bonchev–Trinajstić information content (AvgIpc) is 2.43. The van der Waals surface area contributed by atoms with Crippen LogP contribution in [0.25, 0.3) is 11.0 Å². The summed E-state index contributed by atoms with van der Waals surface area (Å²) in [6.07, 6.45) is 0. The van der Waals surface area contributed by atoms with E-state index in [1.165, 1.54) is 0 Å². The highest BCUT2D eigenvalue weighted by Crippen LogP contribution is 2.29. The van der Waals surface area contributed by atoms with E-state index in [4.69, 9.17) is 5.73 Å². The molecule has 5 heteroatoms. The molecule has 3 N–H and O–H groups in total. The van der Waals surface area contributed by atoms with Gasteiger partial charge in [-0.1, -0.05) is 28.1 Å². The van der Waals surface area contributed by atoms with Crippen LogP contribution in [0.1, 0.15) is 11.1 Å². The molecule has 2 aromatic carbocycles. The van der Waals surface area contributed by atoms with Gasteiger partial charge < -0.3 is 11.1 Å². The normalized spacial score (nSPS) is 10.8. The van der Waals surface area contributed by atoms with Crippen molar-refractivity contribution in [2.45, 2.75) is 13.8 Å². The van der Waals surface area contributed by atoms with Crippen LogP contribution in [0.2, 0.25) is 0 Å². The maximum atomic E-state index is 6.02. The molecule has 3 rings (SSSR count). The molecule has 0 aliphatic heterocycles. The van der Waals surface area contributed by atoms with Crippen LogP contribution in [-0.2, 0) is 0 Å². The first-order valence-corrected chi connectivity index (χ1v) is 7.40. The number of nitrogens with zero attached hydrogens (tertiary/aromatic N) is 2. The van der Waals surface area contributed by atoms with Crippen molar-refractivity contribution >= 4 is 44.3 Å². The number of aromatic nitrogens is 2. The minimum atomic E-state index is 0.399. The summed E-state index contributed by atoms with van der Waals surface area (Å²) in [4.78, 5) is 8.96. The number of nitrogen functional groups attached to an aromatic ring is 1. The molecule has 3 aromatic rings. The predicted molar refractivity (Wildman–Crippen MR) is 90.8 cm³/mol. The van der Waals surface area contributed by atoms with Gasteiger partial charge in [0.15, 0.2) is 11.6 Å². The molecule has 0 atom stereocenters. The molecular weight excluding hydrogens is 328 g/mol. The Hall–Kier alpha value is -2.14. The lowest BCUT2D eigenvalue weighted by Crippen LogP contribution is -2.04. The fraction of sp³-hybridized carbons (Fsp3) is 0.125. The first-order chi connectivity index (χ1) is 10.0. The first-order valence-electron chi connectivity index (χ1n) is 6.60. The van der Waals surface area contributed by atoms with Crippen molar-refractivity contribution in [2.75, 3.05) is 11.1 Å². The quantitative estimate of drug-likeness (QED) is 0.727. The Kier molecular flexibility index (Phi) is 3.51. The zero-order valence-corrected chi connectivity index (χ0v) is 13.4. The maximum Gasteiger partial charge on any atom is 0.174 e. The summed E-state index contributed by atoms with van der Waals surface area (Å²) in [6, 6.07) is 11.8. The Labute approximate surface area is 131 Å². The van der Waals surface area contributed by atoms with E-state index < -0.39 is 0 Å². The second kappa shape index (κ2) is 5.33. The van der Waals surface area contributed by atoms with Gasteiger partial charge in [-0.15, -0.1) is 0 Å². The number of benzene rings is 2. The molecule has 0 unspecified atom stereocenters. The lowest BCUT2D eigenvalue weighted by molar-refractivity contribution is 1.26. The smallest absolute Gasteiger partial charge is 0.174 e. The van der Waals surface area contributed by atoms with Gasteiger partial charge in [-0.3, -0.25) is 0 Å². The second-order valence-electron chi connectivity index (χ2n) is 4.99. The molecule has 4 nitrogen and oxygen atoms in total. The van der Waals surface area contributed by atoms with E-state index in [1.54, 1.807) is 0 Å². The summed E-state index contributed by atoms with van der Waals surface area (Å²) < 4.78 is 1.06. The molecule has 106 valence electrons. The van der Waals surface area contributed by atoms with Crippen LogP contribution in [0.3, 0.4) is 0 Å². The number of halogens is 1. The van der Waals surface area contributed by atoms with Gasteiger partial charge in [0.25, 0.3) is 0 Å². The number of rotatable bonds is 2. The number of nitrogens with one attached hydrogen (secondary N) is 1. The van der Waals surface area contributed by atoms with Crippen LogP contribution in [0, 0.1) is 13.8 Å². The van der Waals surface area contributed by atoms with E-state index >= 15 is 0 Å². The van der Waals surface area contributed by atoms with E-state index in [2.05, 4.69) is 43.3 Å². The van der Waals surface area contributed by atoms with Crippen molar-refractivity contribution in [1.82, 2.24) is 9.97 Å². The largest absolute Gasteiger partial charge is 0.381 e. The lowest BCUT2D eigenvalue weighted by Gasteiger charge is -2.14. The molecule has 0 spiro atoms. The molecule has 0 saturated heterocycles. The molecule has 0 amide bonds. The fourth-order valence-electron chi connectivity index (χ4n) is 2.33. The van der Waals surface area contributed by atoms with Gasteiger partial charge in [-0.2, -0.15) is 0 Å². The van der Waals surface area contributed by atoms with Gasteiger partial charge in [0, 0.05) is 10.2 Å². The number of nitrogens with two attached hydrogens (primary N) is 1. The predicted octanol–water partition coefficient (Wildman–Crippen LogP) is 4.33. The monoisotopic (exact) mass is 342 g/mol. The van der Waals surface area contributed by atoms with Gasteiger partial charge in [-0.25, -0.2) is 9.97 Å². The van der Waals surface area contributed by atoms with Crippen molar-refractivity contribution in [2.24, 2.45) is 0 Å². The summed E-state index contributed by atoms with van der Waals surface area (Å²) in [5, 5.41) is 3.31. The van der Waals surface area contributed by atoms with Crippen molar-refractivity contribution < 1.29 is 0 Å². The highest BCUT2D eigenvalue weighted by molar-refractivity contribution is 9.10. The summed E-state index contributed by atoms with van der Waals surface area (Å²) in [5.74, 6) is 0.984. The Morgan fingerprint density at radius 2 is 1.57 bits per heavy atom. The highest BCUT2D eigenvalue weighted by Gasteiger charge is 2.10. The Morgan fingerprint density at radius 1 is 1.00 bits per heavy atom. The minimum absolute atomic E-state index is 0.399. The molecule has 0 radical (unpaired) electrons. The Bertz CT molecular complexity index is 807. The van der Waals surface area contributed by atoms with Gasteiger partial charge in [0.2, 0.25) is 0 Å². The van der Waals surface area contributed by atoms with Crippen LogP contribution in [0.15, 0.2) is 40.9 Å². The second-order valence-corrected chi connectivity index (χ2v) is 5.90. The molecule has 0 saturated carbocycles. The zero-order valence-electron chi connectivity index (χ0n) is 11.8. The summed E-state index contributed by atoms with van der Waals surface area (Å²) in [5.41, 5.74) is 10.9. The average molecular weight is 343 g/mol. The van der Waals surface area contributed by atoms with Gasteiger partial charge in [0.1, 0.15) is 0 Å². The number of aryl methyl sites for hydroxylation is 2. The van der Waals surface area contributed by atoms with E-state index in [1.807, 2.05) is 38.1 Å². The summed E-state index contributed by atoms with van der Waals surface area (Å²) >= 11 is 3.50. The molecule has 0 aliphatic carbocycles. The topological polar surface area (TPSA) is 63.8 Å². The van der Waals surface area contributed by atoms with E-state index in [0.29, 0.717) is 11.6 Å². The fourth-order valence-corrected chi connectivity index (χ4v) is 3.02. The molecule has 0 aliphatic rings. The van der Waals surface area contributed by atoms with Gasteiger partial charge in [-0.05, 0) is 49.2 Å². The van der Waals surface area contributed by atoms with Crippen molar-refractivity contribution in [3.8, 4) is 0 Å². The summed E-state index contributed by atoms with van der Waals surface area (Å²) in [6.45, 7) is 4.09. The third-order valence-electron chi connectivity index (χ3n) is 3.34. The van der Waals surface area contributed by atoms with Crippen LogP contribution in [-0.4, -0.2) is 9.97 Å². The summed E-state index contributed by atoms with van der Waals surface area (Å²) in [7, 11) is 0. The third kappa shape index (κ3) is 2.69. The number of fused-ring (bicyclic) bond motifs is 1. The van der Waals surface area contributed by atoms with E-state index in [9.17, 15) is 0 Å². The van der Waals surface area contributed by atoms with Crippen molar-refractivity contribution in [3.05, 3.63) is 52.0 Å². The van der Waals surface area contributed by atoms with Crippen LogP contribution in [0.4, 0.5) is 17.3 Å². The Morgan fingerprint density at radius 3 is 2.19 bits per heavy atom. The number of hydrogen-bond acceptors (Lipinski definition) is 4. The van der Waals surface area contributed by atoms with Gasteiger partial charge in [0.05, 0.1) is 11.0 Å². The number of hydrogen-bond donors (Lipinski definition) is 2. The molecule has 1 heterocycles. The van der Waals surface area contributed by atoms with Gasteiger partial charge >= 0.3 is 0 Å². The standard InChI is InChI=1S/C16H15BrN4/c1-9-7-11(17)8-10(2)14(9)21-16-15(18)19-12-5-3-4-6-13(12)20-16/h3-8H,1-2H3,(H2,18,19)(H,20,21). The van der Waals surface area contributed by atoms with Crippen molar-refractivity contribution in [3.63, 3.8) is 0 Å². The number of para-hydroxylation sites is 2. The molecule has 0 fully saturated rings.